The molecule has 6 heteroatoms. The molecule has 0 saturated carbocycles. The van der Waals surface area contributed by atoms with E-state index in [4.69, 9.17) is 4.74 Å². The Morgan fingerprint density at radius 2 is 1.95 bits per heavy atom. The second-order valence-electron chi connectivity index (χ2n) is 4.81. The molecule has 1 aromatic rings. The lowest BCUT2D eigenvalue weighted by molar-refractivity contribution is -0.274. The number of morpholine rings is 1. The molecule has 0 aromatic heterocycles. The van der Waals surface area contributed by atoms with Crippen molar-refractivity contribution in [3.05, 3.63) is 29.8 Å². The zero-order valence-electron chi connectivity index (χ0n) is 11.2. The lowest BCUT2D eigenvalue weighted by Gasteiger charge is -2.31. The van der Waals surface area contributed by atoms with Gasteiger partial charge in [0.2, 0.25) is 0 Å². The first-order valence-corrected chi connectivity index (χ1v) is 6.70. The maximum Gasteiger partial charge on any atom is 0.573 e. The normalized spacial score (nSPS) is 23.6. The molecule has 0 radical (unpaired) electrons. The van der Waals surface area contributed by atoms with E-state index in [0.717, 1.165) is 24.9 Å². The number of rotatable bonds is 4. The van der Waals surface area contributed by atoms with Gasteiger partial charge in [0.25, 0.3) is 0 Å². The maximum absolute atomic E-state index is 12.1. The van der Waals surface area contributed by atoms with Crippen LogP contribution in [-0.4, -0.2) is 25.6 Å². The lowest BCUT2D eigenvalue weighted by atomic mass is 10.1. The van der Waals surface area contributed by atoms with E-state index in [1.165, 1.54) is 12.1 Å². The van der Waals surface area contributed by atoms with Crippen molar-refractivity contribution in [2.45, 2.75) is 38.3 Å². The summed E-state index contributed by atoms with van der Waals surface area (Å²) in [5, 5.41) is 3.28. The molecule has 1 N–H and O–H groups in total. The first-order valence-electron chi connectivity index (χ1n) is 6.70. The average Bonchev–Trinajstić information content (AvgIpc) is 2.38. The minimum Gasteiger partial charge on any atom is -0.406 e. The quantitative estimate of drug-likeness (QED) is 0.921. The SMILES string of the molecule is CCCC1CNCC(c2ccc(OC(F)(F)F)cc2)O1. The number of nitrogens with one attached hydrogen (secondary N) is 1. The Bertz CT molecular complexity index is 417. The third-order valence-corrected chi connectivity index (χ3v) is 3.15. The highest BCUT2D eigenvalue weighted by atomic mass is 19.4. The summed E-state index contributed by atoms with van der Waals surface area (Å²) >= 11 is 0. The molecule has 1 aliphatic rings. The fraction of sp³-hybridized carbons (Fsp3) is 0.571. The van der Waals surface area contributed by atoms with Crippen LogP contribution in [0.3, 0.4) is 0 Å². The van der Waals surface area contributed by atoms with Gasteiger partial charge in [-0.1, -0.05) is 25.5 Å². The average molecular weight is 289 g/mol. The maximum atomic E-state index is 12.1. The van der Waals surface area contributed by atoms with E-state index < -0.39 is 6.36 Å². The van der Waals surface area contributed by atoms with Crippen molar-refractivity contribution in [2.24, 2.45) is 0 Å². The van der Waals surface area contributed by atoms with Crippen LogP contribution in [0, 0.1) is 0 Å². The minimum absolute atomic E-state index is 0.125. The summed E-state index contributed by atoms with van der Waals surface area (Å²) in [5.41, 5.74) is 0.854. The van der Waals surface area contributed by atoms with Gasteiger partial charge in [-0.15, -0.1) is 13.2 Å². The summed E-state index contributed by atoms with van der Waals surface area (Å²) in [5.74, 6) is -0.213. The summed E-state index contributed by atoms with van der Waals surface area (Å²) in [6.45, 7) is 3.58. The molecule has 0 amide bonds. The molecular weight excluding hydrogens is 271 g/mol. The molecular formula is C14H18F3NO2. The molecule has 0 aliphatic carbocycles. The van der Waals surface area contributed by atoms with Crippen molar-refractivity contribution < 1.29 is 22.6 Å². The monoisotopic (exact) mass is 289 g/mol. The number of benzene rings is 1. The molecule has 1 aliphatic heterocycles. The van der Waals surface area contributed by atoms with Crippen molar-refractivity contribution >= 4 is 0 Å². The van der Waals surface area contributed by atoms with E-state index >= 15 is 0 Å². The molecule has 1 saturated heterocycles. The highest BCUT2D eigenvalue weighted by Gasteiger charge is 2.31. The van der Waals surface area contributed by atoms with E-state index in [1.54, 1.807) is 12.1 Å². The molecule has 112 valence electrons. The Kier molecular flexibility index (Phi) is 4.88. The molecule has 20 heavy (non-hydrogen) atoms. The van der Waals surface area contributed by atoms with Crippen molar-refractivity contribution in [1.82, 2.24) is 5.32 Å². The Labute approximate surface area is 116 Å². The summed E-state index contributed by atoms with van der Waals surface area (Å²) in [6, 6.07) is 5.86. The molecule has 2 rings (SSSR count). The van der Waals surface area contributed by atoms with Crippen LogP contribution in [0.25, 0.3) is 0 Å². The van der Waals surface area contributed by atoms with E-state index in [-0.39, 0.29) is 18.0 Å². The molecule has 0 bridgehead atoms. The second kappa shape index (κ2) is 6.45. The summed E-state index contributed by atoms with van der Waals surface area (Å²) in [6.07, 6.45) is -2.61. The van der Waals surface area contributed by atoms with Gasteiger partial charge in [-0.2, -0.15) is 0 Å². The third kappa shape index (κ3) is 4.38. The Balaban J connectivity index is 1.98. The van der Waals surface area contributed by atoms with Crippen molar-refractivity contribution in [2.75, 3.05) is 13.1 Å². The summed E-state index contributed by atoms with van der Waals surface area (Å²) < 4.78 is 46.0. The molecule has 1 aromatic carbocycles. The molecule has 1 heterocycles. The first kappa shape index (κ1) is 15.1. The Hall–Kier alpha value is -1.27. The van der Waals surface area contributed by atoms with Gasteiger partial charge in [0, 0.05) is 13.1 Å². The third-order valence-electron chi connectivity index (χ3n) is 3.15. The van der Waals surface area contributed by atoms with Crippen LogP contribution in [-0.2, 0) is 4.74 Å². The van der Waals surface area contributed by atoms with Gasteiger partial charge in [0.05, 0.1) is 12.2 Å². The van der Waals surface area contributed by atoms with Gasteiger partial charge in [-0.3, -0.25) is 0 Å². The largest absolute Gasteiger partial charge is 0.573 e. The smallest absolute Gasteiger partial charge is 0.406 e. The van der Waals surface area contributed by atoms with Crippen LogP contribution in [0.4, 0.5) is 13.2 Å². The highest BCUT2D eigenvalue weighted by Crippen LogP contribution is 2.27. The van der Waals surface area contributed by atoms with Gasteiger partial charge in [0.15, 0.2) is 0 Å². The predicted octanol–water partition coefficient (Wildman–Crippen LogP) is 3.41. The van der Waals surface area contributed by atoms with E-state index in [1.807, 2.05) is 0 Å². The Morgan fingerprint density at radius 1 is 1.25 bits per heavy atom. The number of hydrogen-bond donors (Lipinski definition) is 1. The standard InChI is InChI=1S/C14H18F3NO2/c1-2-3-12-8-18-9-13(19-12)10-4-6-11(7-5-10)20-14(15,16)17/h4-7,12-13,18H,2-3,8-9H2,1H3. The topological polar surface area (TPSA) is 30.5 Å². The fourth-order valence-corrected chi connectivity index (χ4v) is 2.28. The van der Waals surface area contributed by atoms with E-state index in [0.29, 0.717) is 6.54 Å². The van der Waals surface area contributed by atoms with Gasteiger partial charge in [-0.05, 0) is 24.1 Å². The van der Waals surface area contributed by atoms with Crippen LogP contribution in [0.1, 0.15) is 31.4 Å². The highest BCUT2D eigenvalue weighted by molar-refractivity contribution is 5.29. The number of ether oxygens (including phenoxy) is 2. The zero-order valence-corrected chi connectivity index (χ0v) is 11.2. The van der Waals surface area contributed by atoms with Crippen LogP contribution in [0.15, 0.2) is 24.3 Å². The molecule has 2 unspecified atom stereocenters. The first-order chi connectivity index (χ1) is 9.48. The number of hydrogen-bond acceptors (Lipinski definition) is 3. The van der Waals surface area contributed by atoms with Gasteiger partial charge in [0.1, 0.15) is 5.75 Å². The van der Waals surface area contributed by atoms with Crippen LogP contribution in [0.5, 0.6) is 5.75 Å². The second-order valence-corrected chi connectivity index (χ2v) is 4.81. The van der Waals surface area contributed by atoms with E-state index in [2.05, 4.69) is 17.0 Å². The van der Waals surface area contributed by atoms with Crippen molar-refractivity contribution in [3.8, 4) is 5.75 Å². The van der Waals surface area contributed by atoms with Gasteiger partial charge < -0.3 is 14.8 Å². The number of alkyl halides is 3. The Morgan fingerprint density at radius 3 is 2.55 bits per heavy atom. The lowest BCUT2D eigenvalue weighted by Crippen LogP contribution is -2.40. The van der Waals surface area contributed by atoms with Crippen LogP contribution < -0.4 is 10.1 Å². The zero-order chi connectivity index (χ0) is 14.6. The molecule has 0 spiro atoms. The minimum atomic E-state index is -4.66. The van der Waals surface area contributed by atoms with Gasteiger partial charge >= 0.3 is 6.36 Å². The van der Waals surface area contributed by atoms with Crippen LogP contribution >= 0.6 is 0 Å². The summed E-state index contributed by atoms with van der Waals surface area (Å²) in [4.78, 5) is 0. The van der Waals surface area contributed by atoms with Crippen LogP contribution in [0.2, 0.25) is 0 Å². The molecule has 2 atom stereocenters. The van der Waals surface area contributed by atoms with Gasteiger partial charge in [-0.25, -0.2) is 0 Å². The fourth-order valence-electron chi connectivity index (χ4n) is 2.28. The molecule has 1 fully saturated rings. The number of halogens is 3. The van der Waals surface area contributed by atoms with Crippen molar-refractivity contribution in [3.63, 3.8) is 0 Å². The predicted molar refractivity (Wildman–Crippen MR) is 68.5 cm³/mol. The van der Waals surface area contributed by atoms with Crippen molar-refractivity contribution in [1.29, 1.82) is 0 Å². The summed E-state index contributed by atoms with van der Waals surface area (Å²) in [7, 11) is 0. The molecule has 3 nitrogen and oxygen atoms in total. The van der Waals surface area contributed by atoms with E-state index in [9.17, 15) is 13.2 Å².